The van der Waals surface area contributed by atoms with Gasteiger partial charge in [0.2, 0.25) is 5.91 Å². The molecule has 0 aliphatic rings. The fraction of sp³-hybridized carbons (Fsp3) is 0.429. The minimum Gasteiger partial charge on any atom is -0.273 e. The number of carbonyl (C=O) groups is 1. The molecule has 1 rings (SSSR count). The van der Waals surface area contributed by atoms with Gasteiger partial charge >= 0.3 is 0 Å². The molecule has 0 bridgehead atoms. The Morgan fingerprint density at radius 3 is 2.58 bits per heavy atom. The van der Waals surface area contributed by atoms with Crippen LogP contribution in [-0.2, 0) is 4.79 Å². The lowest BCUT2D eigenvalue weighted by molar-refractivity contribution is -0.121. The van der Waals surface area contributed by atoms with Gasteiger partial charge in [-0.2, -0.15) is 5.10 Å². The molecule has 0 spiro atoms. The molecule has 0 aliphatic carbocycles. The lowest BCUT2D eigenvalue weighted by Gasteiger charge is -2.01. The fourth-order valence-electron chi connectivity index (χ4n) is 1.57. The zero-order chi connectivity index (χ0) is 14.1. The highest BCUT2D eigenvalue weighted by atomic mass is 35.5. The van der Waals surface area contributed by atoms with Crippen LogP contribution in [0, 0.1) is 0 Å². The minimum absolute atomic E-state index is 0.0875. The van der Waals surface area contributed by atoms with E-state index < -0.39 is 0 Å². The molecule has 1 N–H and O–H groups in total. The van der Waals surface area contributed by atoms with E-state index in [0.717, 1.165) is 25.7 Å². The van der Waals surface area contributed by atoms with E-state index in [-0.39, 0.29) is 5.91 Å². The summed E-state index contributed by atoms with van der Waals surface area (Å²) >= 11 is 11.9. The molecule has 0 radical (unpaired) electrons. The predicted molar refractivity (Wildman–Crippen MR) is 81.0 cm³/mol. The highest BCUT2D eigenvalue weighted by molar-refractivity contribution is 6.38. The summed E-state index contributed by atoms with van der Waals surface area (Å²) in [6.45, 7) is 2.14. The first-order chi connectivity index (χ1) is 9.15. The van der Waals surface area contributed by atoms with Crippen molar-refractivity contribution in [1.82, 2.24) is 5.43 Å². The topological polar surface area (TPSA) is 41.5 Å². The Balaban J connectivity index is 2.39. The number of rotatable bonds is 7. The van der Waals surface area contributed by atoms with Crippen LogP contribution in [0.4, 0.5) is 0 Å². The van der Waals surface area contributed by atoms with Crippen molar-refractivity contribution in [1.29, 1.82) is 0 Å². The number of nitrogens with zero attached hydrogens (tertiary/aromatic N) is 1. The molecular weight excluding hydrogens is 283 g/mol. The average Bonchev–Trinajstić information content (AvgIpc) is 2.38. The number of carbonyl (C=O) groups excluding carboxylic acids is 1. The standard InChI is InChI=1S/C14H18Cl2N2O/c1-2-3-4-5-9-14(19)18-17-10-11-12(15)7-6-8-13(11)16/h6-8,10H,2-5,9H2,1H3,(H,18,19)/b17-10+. The van der Waals surface area contributed by atoms with Gasteiger partial charge < -0.3 is 0 Å². The summed E-state index contributed by atoms with van der Waals surface area (Å²) in [5.74, 6) is -0.0875. The van der Waals surface area contributed by atoms with E-state index in [4.69, 9.17) is 23.2 Å². The molecule has 0 aromatic heterocycles. The summed E-state index contributed by atoms with van der Waals surface area (Å²) in [4.78, 5) is 11.5. The SMILES string of the molecule is CCCCCCC(=O)N/N=C/c1c(Cl)cccc1Cl. The summed E-state index contributed by atoms with van der Waals surface area (Å²) in [6, 6.07) is 5.21. The number of unbranched alkanes of at least 4 members (excludes halogenated alkanes) is 3. The summed E-state index contributed by atoms with van der Waals surface area (Å²) in [6.07, 6.45) is 6.24. The molecule has 5 heteroatoms. The Hall–Kier alpha value is -1.06. The van der Waals surface area contributed by atoms with Gasteiger partial charge in [-0.1, -0.05) is 55.5 Å². The number of hydrazone groups is 1. The molecule has 1 aromatic carbocycles. The van der Waals surface area contributed by atoms with E-state index in [9.17, 15) is 4.79 Å². The van der Waals surface area contributed by atoms with Crippen molar-refractivity contribution in [3.63, 3.8) is 0 Å². The third-order valence-corrected chi connectivity index (χ3v) is 3.30. The van der Waals surface area contributed by atoms with Gasteiger partial charge in [-0.3, -0.25) is 4.79 Å². The molecule has 1 aromatic rings. The van der Waals surface area contributed by atoms with Gasteiger partial charge in [0.15, 0.2) is 0 Å². The third-order valence-electron chi connectivity index (χ3n) is 2.64. The highest BCUT2D eigenvalue weighted by Crippen LogP contribution is 2.21. The number of hydrogen-bond acceptors (Lipinski definition) is 2. The Kier molecular flexibility index (Phi) is 7.53. The van der Waals surface area contributed by atoms with Crippen LogP contribution in [0.1, 0.15) is 44.6 Å². The highest BCUT2D eigenvalue weighted by Gasteiger charge is 2.03. The van der Waals surface area contributed by atoms with Gasteiger partial charge in [-0.25, -0.2) is 5.43 Å². The lowest BCUT2D eigenvalue weighted by atomic mass is 10.1. The summed E-state index contributed by atoms with van der Waals surface area (Å²) < 4.78 is 0. The molecule has 0 fully saturated rings. The van der Waals surface area contributed by atoms with Gasteiger partial charge in [0, 0.05) is 12.0 Å². The second-order valence-corrected chi connectivity index (χ2v) is 5.05. The number of nitrogens with one attached hydrogen (secondary N) is 1. The van der Waals surface area contributed by atoms with Gasteiger partial charge in [0.25, 0.3) is 0 Å². The Morgan fingerprint density at radius 2 is 1.95 bits per heavy atom. The van der Waals surface area contributed by atoms with Crippen LogP contribution in [0.5, 0.6) is 0 Å². The molecule has 0 saturated carbocycles. The van der Waals surface area contributed by atoms with Crippen molar-refractivity contribution in [2.75, 3.05) is 0 Å². The van der Waals surface area contributed by atoms with Crippen LogP contribution in [0.25, 0.3) is 0 Å². The van der Waals surface area contributed by atoms with E-state index in [2.05, 4.69) is 17.5 Å². The maximum absolute atomic E-state index is 11.5. The zero-order valence-electron chi connectivity index (χ0n) is 11.0. The van der Waals surface area contributed by atoms with Crippen molar-refractivity contribution in [2.45, 2.75) is 39.0 Å². The number of benzene rings is 1. The second-order valence-electron chi connectivity index (χ2n) is 4.24. The summed E-state index contributed by atoms with van der Waals surface area (Å²) in [7, 11) is 0. The molecule has 19 heavy (non-hydrogen) atoms. The summed E-state index contributed by atoms with van der Waals surface area (Å²) in [5.41, 5.74) is 3.08. The van der Waals surface area contributed by atoms with Crippen molar-refractivity contribution in [3.05, 3.63) is 33.8 Å². The number of hydrogen-bond donors (Lipinski definition) is 1. The second kappa shape index (κ2) is 8.94. The maximum Gasteiger partial charge on any atom is 0.240 e. The fourth-order valence-corrected chi connectivity index (χ4v) is 2.07. The normalized spacial score (nSPS) is 10.9. The van der Waals surface area contributed by atoms with E-state index in [1.54, 1.807) is 18.2 Å². The molecule has 0 aliphatic heterocycles. The van der Waals surface area contributed by atoms with Crippen LogP contribution in [-0.4, -0.2) is 12.1 Å². The average molecular weight is 301 g/mol. The molecule has 1 amide bonds. The van der Waals surface area contributed by atoms with E-state index in [1.165, 1.54) is 6.21 Å². The first kappa shape index (κ1) is 16.0. The van der Waals surface area contributed by atoms with Crippen molar-refractivity contribution < 1.29 is 4.79 Å². The molecule has 3 nitrogen and oxygen atoms in total. The Bertz CT molecular complexity index is 427. The number of amides is 1. The van der Waals surface area contributed by atoms with Crippen LogP contribution < -0.4 is 5.43 Å². The first-order valence-corrected chi connectivity index (χ1v) is 7.16. The smallest absolute Gasteiger partial charge is 0.240 e. The van der Waals surface area contributed by atoms with Crippen LogP contribution >= 0.6 is 23.2 Å². The quantitative estimate of drug-likeness (QED) is 0.452. The Morgan fingerprint density at radius 1 is 1.26 bits per heavy atom. The molecule has 0 saturated heterocycles. The van der Waals surface area contributed by atoms with E-state index in [0.29, 0.717) is 22.0 Å². The van der Waals surface area contributed by atoms with E-state index in [1.807, 2.05) is 0 Å². The molecule has 104 valence electrons. The third kappa shape index (κ3) is 6.08. The summed E-state index contributed by atoms with van der Waals surface area (Å²) in [5, 5.41) is 4.88. The monoisotopic (exact) mass is 300 g/mol. The van der Waals surface area contributed by atoms with Gasteiger partial charge in [-0.05, 0) is 18.6 Å². The van der Waals surface area contributed by atoms with Gasteiger partial charge in [0.05, 0.1) is 16.3 Å². The first-order valence-electron chi connectivity index (χ1n) is 6.41. The molecule has 0 heterocycles. The largest absolute Gasteiger partial charge is 0.273 e. The van der Waals surface area contributed by atoms with Gasteiger partial charge in [-0.15, -0.1) is 0 Å². The number of halogens is 2. The van der Waals surface area contributed by atoms with E-state index >= 15 is 0 Å². The van der Waals surface area contributed by atoms with Crippen LogP contribution in [0.3, 0.4) is 0 Å². The van der Waals surface area contributed by atoms with Gasteiger partial charge in [0.1, 0.15) is 0 Å². The Labute approximate surface area is 124 Å². The molecule has 0 unspecified atom stereocenters. The molecular formula is C14H18Cl2N2O. The van der Waals surface area contributed by atoms with Crippen molar-refractivity contribution in [2.24, 2.45) is 5.10 Å². The maximum atomic E-state index is 11.5. The minimum atomic E-state index is -0.0875. The van der Waals surface area contributed by atoms with Crippen LogP contribution in [0.15, 0.2) is 23.3 Å². The molecule has 0 atom stereocenters. The van der Waals surface area contributed by atoms with Crippen molar-refractivity contribution >= 4 is 35.3 Å². The van der Waals surface area contributed by atoms with Crippen LogP contribution in [0.2, 0.25) is 10.0 Å². The lowest BCUT2D eigenvalue weighted by Crippen LogP contribution is -2.16. The zero-order valence-corrected chi connectivity index (χ0v) is 12.5. The van der Waals surface area contributed by atoms with Crippen molar-refractivity contribution in [3.8, 4) is 0 Å². The predicted octanol–water partition coefficient (Wildman–Crippen LogP) is 4.41.